The number of ether oxygens (including phenoxy) is 1. The van der Waals surface area contributed by atoms with Gasteiger partial charge in [-0.05, 0) is 43.5 Å². The Balaban J connectivity index is 2.12. The van der Waals surface area contributed by atoms with Crippen molar-refractivity contribution in [3.8, 4) is 0 Å². The van der Waals surface area contributed by atoms with Crippen LogP contribution in [0.2, 0.25) is 0 Å². The molecule has 1 unspecified atom stereocenters. The van der Waals surface area contributed by atoms with Crippen molar-refractivity contribution in [2.24, 2.45) is 0 Å². The molecule has 1 fully saturated rings. The summed E-state index contributed by atoms with van der Waals surface area (Å²) < 4.78 is 19.3. The molecule has 17 heavy (non-hydrogen) atoms. The minimum atomic E-state index is -0.682. The van der Waals surface area contributed by atoms with Crippen molar-refractivity contribution >= 4 is 21.7 Å². The third-order valence-electron chi connectivity index (χ3n) is 3.10. The summed E-state index contributed by atoms with van der Waals surface area (Å²) in [6.07, 6.45) is 1.88. The first-order valence-corrected chi connectivity index (χ1v) is 6.41. The molecule has 1 saturated heterocycles. The molecule has 1 aliphatic heterocycles. The van der Waals surface area contributed by atoms with Gasteiger partial charge in [-0.3, -0.25) is 4.79 Å². The topological polar surface area (TPSA) is 26.3 Å². The Kier molecular flexibility index (Phi) is 3.64. The molecule has 1 atom stereocenters. The van der Waals surface area contributed by atoms with Crippen LogP contribution in [0.25, 0.3) is 0 Å². The Hall–Kier alpha value is -0.740. The van der Waals surface area contributed by atoms with E-state index in [2.05, 4.69) is 15.9 Å². The average molecular weight is 301 g/mol. The van der Waals surface area contributed by atoms with E-state index in [1.54, 1.807) is 6.07 Å². The fraction of sp³-hybridized carbons (Fsp3) is 0.462. The Morgan fingerprint density at radius 2 is 2.29 bits per heavy atom. The number of ketones is 1. The van der Waals surface area contributed by atoms with Crippen LogP contribution in [0.4, 0.5) is 4.39 Å². The van der Waals surface area contributed by atoms with Crippen molar-refractivity contribution in [1.29, 1.82) is 0 Å². The maximum Gasteiger partial charge on any atom is 0.168 e. The van der Waals surface area contributed by atoms with Crippen molar-refractivity contribution < 1.29 is 13.9 Å². The normalized spacial score (nSPS) is 23.9. The second-order valence-corrected chi connectivity index (χ2v) is 5.48. The highest BCUT2D eigenvalue weighted by atomic mass is 79.9. The molecule has 0 aromatic heterocycles. The minimum absolute atomic E-state index is 0.0208. The van der Waals surface area contributed by atoms with Crippen LogP contribution in [0, 0.1) is 5.82 Å². The molecule has 4 heteroatoms. The summed E-state index contributed by atoms with van der Waals surface area (Å²) >= 11 is 3.22. The van der Waals surface area contributed by atoms with Gasteiger partial charge in [-0.1, -0.05) is 15.9 Å². The number of benzene rings is 1. The predicted octanol–water partition coefficient (Wildman–Crippen LogP) is 3.27. The molecule has 0 radical (unpaired) electrons. The molecule has 0 amide bonds. The van der Waals surface area contributed by atoms with Gasteiger partial charge in [0.2, 0.25) is 0 Å². The van der Waals surface area contributed by atoms with Gasteiger partial charge in [-0.15, -0.1) is 0 Å². The molecule has 0 spiro atoms. The van der Waals surface area contributed by atoms with Gasteiger partial charge in [0.25, 0.3) is 0 Å². The third kappa shape index (κ3) is 2.93. The van der Waals surface area contributed by atoms with E-state index in [4.69, 9.17) is 4.74 Å². The second kappa shape index (κ2) is 4.86. The van der Waals surface area contributed by atoms with Gasteiger partial charge in [0.1, 0.15) is 11.4 Å². The van der Waals surface area contributed by atoms with E-state index in [0.717, 1.165) is 12.8 Å². The molecule has 2 rings (SSSR count). The molecule has 2 nitrogen and oxygen atoms in total. The van der Waals surface area contributed by atoms with E-state index in [1.807, 2.05) is 6.92 Å². The highest BCUT2D eigenvalue weighted by molar-refractivity contribution is 9.10. The zero-order valence-corrected chi connectivity index (χ0v) is 11.2. The number of hydrogen-bond acceptors (Lipinski definition) is 2. The Bertz CT molecular complexity index is 419. The maximum atomic E-state index is 13.2. The van der Waals surface area contributed by atoms with Gasteiger partial charge >= 0.3 is 0 Å². The van der Waals surface area contributed by atoms with Gasteiger partial charge in [0, 0.05) is 17.5 Å². The summed E-state index contributed by atoms with van der Waals surface area (Å²) in [5.74, 6) is -0.313. The van der Waals surface area contributed by atoms with Crippen molar-refractivity contribution in [2.75, 3.05) is 6.61 Å². The van der Waals surface area contributed by atoms with Crippen LogP contribution in [0.1, 0.15) is 25.3 Å². The fourth-order valence-electron chi connectivity index (χ4n) is 2.08. The predicted molar refractivity (Wildman–Crippen MR) is 66.4 cm³/mol. The molecular weight excluding hydrogens is 287 g/mol. The lowest BCUT2D eigenvalue weighted by Crippen LogP contribution is -2.35. The van der Waals surface area contributed by atoms with E-state index < -0.39 is 5.60 Å². The van der Waals surface area contributed by atoms with Gasteiger partial charge in [0.05, 0.1) is 0 Å². The maximum absolute atomic E-state index is 13.2. The van der Waals surface area contributed by atoms with Crippen molar-refractivity contribution in [2.45, 2.75) is 31.8 Å². The first-order valence-electron chi connectivity index (χ1n) is 5.62. The van der Waals surface area contributed by atoms with Crippen LogP contribution in [0.3, 0.4) is 0 Å². The van der Waals surface area contributed by atoms with Crippen molar-refractivity contribution in [3.05, 3.63) is 34.1 Å². The molecular formula is C13H14BrFO2. The smallest absolute Gasteiger partial charge is 0.168 e. The molecule has 0 saturated carbocycles. The SMILES string of the molecule is CC1(C(=O)Cc2cc(F)cc(Br)c2)CCCO1. The van der Waals surface area contributed by atoms with Gasteiger partial charge in [-0.2, -0.15) is 0 Å². The number of carbonyl (C=O) groups excluding carboxylic acids is 1. The zero-order chi connectivity index (χ0) is 12.5. The summed E-state index contributed by atoms with van der Waals surface area (Å²) in [4.78, 5) is 12.1. The Morgan fingerprint density at radius 1 is 1.53 bits per heavy atom. The molecule has 1 aromatic rings. The van der Waals surface area contributed by atoms with Crippen molar-refractivity contribution in [3.63, 3.8) is 0 Å². The number of carbonyl (C=O) groups is 1. The van der Waals surface area contributed by atoms with E-state index in [0.29, 0.717) is 16.6 Å². The first kappa shape index (κ1) is 12.7. The van der Waals surface area contributed by atoms with Crippen molar-refractivity contribution in [1.82, 2.24) is 0 Å². The monoisotopic (exact) mass is 300 g/mol. The minimum Gasteiger partial charge on any atom is -0.367 e. The fourth-order valence-corrected chi connectivity index (χ4v) is 2.60. The highest BCUT2D eigenvalue weighted by Crippen LogP contribution is 2.27. The number of Topliss-reactive ketones (excluding diaryl/α,β-unsaturated/α-hetero) is 1. The summed E-state index contributed by atoms with van der Waals surface area (Å²) in [6.45, 7) is 2.45. The molecule has 92 valence electrons. The van der Waals surface area contributed by atoms with Crippen LogP contribution in [-0.4, -0.2) is 18.0 Å². The second-order valence-electron chi connectivity index (χ2n) is 4.56. The molecule has 1 aliphatic rings. The third-order valence-corrected chi connectivity index (χ3v) is 3.55. The average Bonchev–Trinajstić information content (AvgIpc) is 2.64. The van der Waals surface area contributed by atoms with Gasteiger partial charge in [0.15, 0.2) is 5.78 Å². The van der Waals surface area contributed by atoms with Crippen LogP contribution in [-0.2, 0) is 16.0 Å². The summed E-state index contributed by atoms with van der Waals surface area (Å²) in [5, 5.41) is 0. The van der Waals surface area contributed by atoms with Gasteiger partial charge in [-0.25, -0.2) is 4.39 Å². The largest absolute Gasteiger partial charge is 0.367 e. The van der Waals surface area contributed by atoms with Crippen LogP contribution in [0.5, 0.6) is 0 Å². The Labute approximate surface area is 108 Å². The molecule has 1 heterocycles. The highest BCUT2D eigenvalue weighted by Gasteiger charge is 2.37. The van der Waals surface area contributed by atoms with E-state index >= 15 is 0 Å². The van der Waals surface area contributed by atoms with E-state index in [1.165, 1.54) is 12.1 Å². The van der Waals surface area contributed by atoms with E-state index in [-0.39, 0.29) is 18.0 Å². The zero-order valence-electron chi connectivity index (χ0n) is 9.63. The molecule has 1 aromatic carbocycles. The molecule has 0 bridgehead atoms. The first-order chi connectivity index (χ1) is 7.99. The van der Waals surface area contributed by atoms with Crippen LogP contribution >= 0.6 is 15.9 Å². The summed E-state index contributed by atoms with van der Waals surface area (Å²) in [5.41, 5.74) is -0.00249. The Morgan fingerprint density at radius 3 is 2.88 bits per heavy atom. The molecule has 0 aliphatic carbocycles. The van der Waals surface area contributed by atoms with Gasteiger partial charge < -0.3 is 4.74 Å². The van der Waals surface area contributed by atoms with Crippen LogP contribution < -0.4 is 0 Å². The number of halogens is 2. The summed E-state index contributed by atoms with van der Waals surface area (Å²) in [6, 6.07) is 4.53. The van der Waals surface area contributed by atoms with E-state index in [9.17, 15) is 9.18 Å². The number of hydrogen-bond donors (Lipinski definition) is 0. The standard InChI is InChI=1S/C13H14BrFO2/c1-13(3-2-4-17-13)12(16)7-9-5-10(14)8-11(15)6-9/h5-6,8H,2-4,7H2,1H3. The lowest BCUT2D eigenvalue weighted by Gasteiger charge is -2.21. The quantitative estimate of drug-likeness (QED) is 0.856. The number of rotatable bonds is 3. The lowest BCUT2D eigenvalue weighted by atomic mass is 9.92. The summed E-state index contributed by atoms with van der Waals surface area (Å²) in [7, 11) is 0. The van der Waals surface area contributed by atoms with Crippen LogP contribution in [0.15, 0.2) is 22.7 Å². The molecule has 0 N–H and O–H groups in total. The lowest BCUT2D eigenvalue weighted by molar-refractivity contribution is -0.136.